The van der Waals surface area contributed by atoms with Crippen LogP contribution in [0.2, 0.25) is 0 Å². The molecule has 0 bridgehead atoms. The SMILES string of the molecule is O=C(NCCO)c1[c]c([N+](=O)[O-])cc([N+](=O)[O-])c1. The van der Waals surface area contributed by atoms with Crippen molar-refractivity contribution in [3.8, 4) is 0 Å². The van der Waals surface area contributed by atoms with Crippen molar-refractivity contribution >= 4 is 17.3 Å². The van der Waals surface area contributed by atoms with Gasteiger partial charge in [0.15, 0.2) is 0 Å². The first-order valence-corrected chi connectivity index (χ1v) is 4.71. The van der Waals surface area contributed by atoms with Gasteiger partial charge in [-0.2, -0.15) is 0 Å². The molecule has 9 heteroatoms. The molecule has 1 rings (SSSR count). The number of hydrogen-bond donors (Lipinski definition) is 2. The number of nitrogens with zero attached hydrogens (tertiary/aromatic N) is 2. The summed E-state index contributed by atoms with van der Waals surface area (Å²) in [4.78, 5) is 30.8. The Morgan fingerprint density at radius 2 is 2.00 bits per heavy atom. The Hall–Kier alpha value is -2.55. The Bertz CT molecular complexity index is 469. The maximum Gasteiger partial charge on any atom is 0.285 e. The van der Waals surface area contributed by atoms with Crippen LogP contribution in [0.4, 0.5) is 11.4 Å². The normalized spacial score (nSPS) is 9.83. The van der Waals surface area contributed by atoms with Gasteiger partial charge in [0.1, 0.15) is 0 Å². The van der Waals surface area contributed by atoms with Crippen LogP contribution in [0, 0.1) is 26.3 Å². The largest absolute Gasteiger partial charge is 0.395 e. The molecule has 0 aromatic heterocycles. The van der Waals surface area contributed by atoms with Crippen LogP contribution in [-0.2, 0) is 0 Å². The van der Waals surface area contributed by atoms with Gasteiger partial charge in [0, 0.05) is 12.6 Å². The van der Waals surface area contributed by atoms with E-state index in [1.807, 2.05) is 0 Å². The molecule has 1 aromatic rings. The van der Waals surface area contributed by atoms with Crippen LogP contribution in [0.3, 0.4) is 0 Å². The molecule has 2 N–H and O–H groups in total. The van der Waals surface area contributed by atoms with E-state index >= 15 is 0 Å². The van der Waals surface area contributed by atoms with Crippen molar-refractivity contribution in [1.29, 1.82) is 0 Å². The second-order valence-electron chi connectivity index (χ2n) is 3.13. The van der Waals surface area contributed by atoms with Gasteiger partial charge in [-0.15, -0.1) is 0 Å². The average Bonchev–Trinajstić information content (AvgIpc) is 2.35. The smallest absolute Gasteiger partial charge is 0.285 e. The third-order valence-corrected chi connectivity index (χ3v) is 1.89. The van der Waals surface area contributed by atoms with E-state index in [9.17, 15) is 25.0 Å². The highest BCUT2D eigenvalue weighted by Gasteiger charge is 2.20. The molecule has 1 radical (unpaired) electrons. The minimum absolute atomic E-state index is 0.0663. The Morgan fingerprint density at radius 1 is 1.33 bits per heavy atom. The lowest BCUT2D eigenvalue weighted by molar-refractivity contribution is -0.394. The number of carbonyl (C=O) groups excluding carboxylic acids is 1. The summed E-state index contributed by atoms with van der Waals surface area (Å²) in [5.41, 5.74) is -1.57. The molecular weight excluding hydrogens is 246 g/mol. The average molecular weight is 254 g/mol. The number of carbonyl (C=O) groups is 1. The molecule has 1 aromatic carbocycles. The van der Waals surface area contributed by atoms with Crippen molar-refractivity contribution in [3.63, 3.8) is 0 Å². The summed E-state index contributed by atoms with van der Waals surface area (Å²) in [7, 11) is 0. The molecule has 0 atom stereocenters. The van der Waals surface area contributed by atoms with Crippen molar-refractivity contribution in [2.45, 2.75) is 0 Å². The Kier molecular flexibility index (Phi) is 4.27. The van der Waals surface area contributed by atoms with Crippen LogP contribution in [-0.4, -0.2) is 34.0 Å². The number of nitro benzene ring substituents is 2. The lowest BCUT2D eigenvalue weighted by Gasteiger charge is -2.02. The molecule has 1 amide bonds. The molecule has 0 aliphatic carbocycles. The molecule has 0 spiro atoms. The summed E-state index contributed by atoms with van der Waals surface area (Å²) in [5, 5.41) is 31.8. The second kappa shape index (κ2) is 5.68. The summed E-state index contributed by atoms with van der Waals surface area (Å²) in [6.07, 6.45) is 0. The van der Waals surface area contributed by atoms with Gasteiger partial charge < -0.3 is 10.4 Å². The zero-order valence-corrected chi connectivity index (χ0v) is 8.95. The standard InChI is InChI=1S/C9H8N3O6/c13-2-1-10-9(14)6-3-7(11(15)16)5-8(4-6)12(17)18/h3,5,13H,1-2H2,(H,10,14). The van der Waals surface area contributed by atoms with Crippen LogP contribution in [0.25, 0.3) is 0 Å². The van der Waals surface area contributed by atoms with Gasteiger partial charge in [-0.1, -0.05) is 0 Å². The molecule has 0 saturated carbocycles. The van der Waals surface area contributed by atoms with E-state index in [-0.39, 0.29) is 18.7 Å². The Morgan fingerprint density at radius 3 is 2.50 bits per heavy atom. The molecule has 0 heterocycles. The number of benzene rings is 1. The first-order valence-electron chi connectivity index (χ1n) is 4.71. The number of hydrogen-bond acceptors (Lipinski definition) is 6. The van der Waals surface area contributed by atoms with E-state index in [4.69, 9.17) is 5.11 Å². The van der Waals surface area contributed by atoms with Gasteiger partial charge >= 0.3 is 0 Å². The summed E-state index contributed by atoms with van der Waals surface area (Å²) in [6.45, 7) is -0.383. The van der Waals surface area contributed by atoms with E-state index in [1.54, 1.807) is 0 Å². The molecule has 18 heavy (non-hydrogen) atoms. The quantitative estimate of drug-likeness (QED) is 0.561. The number of nitrogens with one attached hydrogen (secondary N) is 1. The van der Waals surface area contributed by atoms with Crippen molar-refractivity contribution in [2.75, 3.05) is 13.2 Å². The predicted octanol–water partition coefficient (Wildman–Crippen LogP) is 0.0253. The van der Waals surface area contributed by atoms with Gasteiger partial charge in [0.05, 0.1) is 34.1 Å². The number of amides is 1. The zero-order chi connectivity index (χ0) is 13.7. The lowest BCUT2D eigenvalue weighted by atomic mass is 10.1. The molecule has 0 aliphatic rings. The van der Waals surface area contributed by atoms with Crippen LogP contribution < -0.4 is 5.32 Å². The molecule has 0 fully saturated rings. The fourth-order valence-electron chi connectivity index (χ4n) is 1.13. The van der Waals surface area contributed by atoms with Crippen molar-refractivity contribution in [1.82, 2.24) is 5.32 Å². The highest BCUT2D eigenvalue weighted by molar-refractivity contribution is 5.95. The minimum atomic E-state index is -0.879. The van der Waals surface area contributed by atoms with Crippen LogP contribution in [0.5, 0.6) is 0 Å². The number of aliphatic hydroxyl groups is 1. The summed E-state index contributed by atoms with van der Waals surface area (Å²) < 4.78 is 0. The predicted molar refractivity (Wildman–Crippen MR) is 58.0 cm³/mol. The number of aliphatic hydroxyl groups excluding tert-OH is 1. The van der Waals surface area contributed by atoms with Crippen molar-refractivity contribution in [2.24, 2.45) is 0 Å². The molecule has 0 aliphatic heterocycles. The molecule has 0 unspecified atom stereocenters. The number of rotatable bonds is 5. The molecule has 95 valence electrons. The van der Waals surface area contributed by atoms with E-state index in [2.05, 4.69) is 11.4 Å². The zero-order valence-electron chi connectivity index (χ0n) is 8.95. The summed E-state index contributed by atoms with van der Waals surface area (Å²) in [6, 6.07) is 3.74. The van der Waals surface area contributed by atoms with Crippen molar-refractivity contribution < 1.29 is 19.7 Å². The Balaban J connectivity index is 3.14. The van der Waals surface area contributed by atoms with E-state index < -0.39 is 27.1 Å². The van der Waals surface area contributed by atoms with Gasteiger partial charge in [-0.25, -0.2) is 0 Å². The highest BCUT2D eigenvalue weighted by Crippen LogP contribution is 2.21. The second-order valence-corrected chi connectivity index (χ2v) is 3.13. The fraction of sp³-hybridized carbons (Fsp3) is 0.222. The van der Waals surface area contributed by atoms with E-state index in [0.717, 1.165) is 6.07 Å². The van der Waals surface area contributed by atoms with E-state index in [0.29, 0.717) is 6.07 Å². The highest BCUT2D eigenvalue weighted by atomic mass is 16.6. The van der Waals surface area contributed by atoms with E-state index in [1.165, 1.54) is 0 Å². The lowest BCUT2D eigenvalue weighted by Crippen LogP contribution is -2.26. The maximum atomic E-state index is 11.5. The Labute approximate surface area is 100 Å². The molecule has 0 saturated heterocycles. The topological polar surface area (TPSA) is 136 Å². The van der Waals surface area contributed by atoms with Crippen LogP contribution in [0.15, 0.2) is 12.1 Å². The van der Waals surface area contributed by atoms with Gasteiger partial charge in [0.25, 0.3) is 17.3 Å². The maximum absolute atomic E-state index is 11.5. The summed E-state index contributed by atoms with van der Waals surface area (Å²) in [5.74, 6) is -0.782. The summed E-state index contributed by atoms with van der Waals surface area (Å²) >= 11 is 0. The molecular formula is C9H8N3O6. The monoisotopic (exact) mass is 254 g/mol. The third kappa shape index (κ3) is 3.22. The van der Waals surface area contributed by atoms with Gasteiger partial charge in [-0.05, 0) is 0 Å². The van der Waals surface area contributed by atoms with Crippen LogP contribution in [0.1, 0.15) is 10.4 Å². The molecule has 9 nitrogen and oxygen atoms in total. The first-order chi connectivity index (χ1) is 8.45. The number of nitro groups is 2. The van der Waals surface area contributed by atoms with Gasteiger partial charge in [0.2, 0.25) is 0 Å². The van der Waals surface area contributed by atoms with Gasteiger partial charge in [-0.3, -0.25) is 25.0 Å². The fourth-order valence-corrected chi connectivity index (χ4v) is 1.13. The first kappa shape index (κ1) is 13.5. The minimum Gasteiger partial charge on any atom is -0.395 e. The number of non-ortho nitro benzene ring substituents is 2. The third-order valence-electron chi connectivity index (χ3n) is 1.89. The van der Waals surface area contributed by atoms with Crippen molar-refractivity contribution in [3.05, 3.63) is 44.0 Å². The van der Waals surface area contributed by atoms with Crippen LogP contribution >= 0.6 is 0 Å².